The highest BCUT2D eigenvalue weighted by Gasteiger charge is 2.10. The Bertz CT molecular complexity index is 474. The Morgan fingerprint density at radius 2 is 2.06 bits per heavy atom. The number of ether oxygens (including phenoxy) is 1. The van der Waals surface area contributed by atoms with Crippen LogP contribution in [0, 0.1) is 6.92 Å². The van der Waals surface area contributed by atoms with Gasteiger partial charge in [-0.1, -0.05) is 6.07 Å². The SMILES string of the molecule is COc1ccnc(-[n+]2ccccc2C)c1.[I-]. The first-order valence-corrected chi connectivity index (χ1v) is 4.79. The van der Waals surface area contributed by atoms with Crippen LogP contribution in [-0.2, 0) is 0 Å². The molecule has 0 saturated heterocycles. The highest BCUT2D eigenvalue weighted by molar-refractivity contribution is 5.26. The molecule has 2 aromatic heterocycles. The standard InChI is InChI=1S/C12H13N2O.HI/c1-10-5-3-4-8-14(10)12-9-11(15-2)6-7-13-12;/h3-9H,1-2H3;1H/q+1;/p-1. The van der Waals surface area contributed by atoms with Gasteiger partial charge in [-0.05, 0) is 24.0 Å². The lowest BCUT2D eigenvalue weighted by Gasteiger charge is -2.01. The molecule has 0 spiro atoms. The molecule has 0 unspecified atom stereocenters. The number of halogens is 1. The number of aromatic nitrogens is 2. The number of pyridine rings is 2. The van der Waals surface area contributed by atoms with Crippen molar-refractivity contribution >= 4 is 0 Å². The number of aryl methyl sites for hydroxylation is 1. The minimum Gasteiger partial charge on any atom is -1.00 e. The zero-order chi connectivity index (χ0) is 10.7. The fourth-order valence-corrected chi connectivity index (χ4v) is 1.44. The second-order valence-electron chi connectivity index (χ2n) is 3.27. The van der Waals surface area contributed by atoms with E-state index in [0.717, 1.165) is 17.3 Å². The number of rotatable bonds is 2. The van der Waals surface area contributed by atoms with E-state index < -0.39 is 0 Å². The van der Waals surface area contributed by atoms with Crippen molar-refractivity contribution in [2.24, 2.45) is 0 Å². The van der Waals surface area contributed by atoms with Gasteiger partial charge in [-0.2, -0.15) is 0 Å². The van der Waals surface area contributed by atoms with Crippen LogP contribution >= 0.6 is 0 Å². The largest absolute Gasteiger partial charge is 1.00 e. The summed E-state index contributed by atoms with van der Waals surface area (Å²) in [4.78, 5) is 4.30. The van der Waals surface area contributed by atoms with Crippen molar-refractivity contribution < 1.29 is 33.3 Å². The van der Waals surface area contributed by atoms with Gasteiger partial charge in [0.15, 0.2) is 0 Å². The van der Waals surface area contributed by atoms with E-state index in [1.807, 2.05) is 48.0 Å². The molecule has 0 aromatic carbocycles. The molecule has 2 aromatic rings. The van der Waals surface area contributed by atoms with Gasteiger partial charge in [0.1, 0.15) is 17.6 Å². The van der Waals surface area contributed by atoms with E-state index in [2.05, 4.69) is 4.98 Å². The minimum absolute atomic E-state index is 0. The summed E-state index contributed by atoms with van der Waals surface area (Å²) < 4.78 is 7.18. The molecule has 0 N–H and O–H groups in total. The highest BCUT2D eigenvalue weighted by atomic mass is 127. The summed E-state index contributed by atoms with van der Waals surface area (Å²) in [5.74, 6) is 1.68. The topological polar surface area (TPSA) is 26.0 Å². The second-order valence-corrected chi connectivity index (χ2v) is 3.27. The molecule has 0 fully saturated rings. The summed E-state index contributed by atoms with van der Waals surface area (Å²) in [5, 5.41) is 0. The maximum absolute atomic E-state index is 5.16. The lowest BCUT2D eigenvalue weighted by molar-refractivity contribution is -0.606. The third-order valence-corrected chi connectivity index (χ3v) is 2.26. The second kappa shape index (κ2) is 5.79. The van der Waals surface area contributed by atoms with Crippen molar-refractivity contribution in [2.75, 3.05) is 7.11 Å². The minimum atomic E-state index is 0. The van der Waals surface area contributed by atoms with Crippen LogP contribution in [0.2, 0.25) is 0 Å². The van der Waals surface area contributed by atoms with E-state index in [-0.39, 0.29) is 24.0 Å². The molecule has 3 nitrogen and oxygen atoms in total. The lowest BCUT2D eigenvalue weighted by atomic mass is 10.3. The van der Waals surface area contributed by atoms with Crippen molar-refractivity contribution in [3.63, 3.8) is 0 Å². The Labute approximate surface area is 112 Å². The number of hydrogen-bond donors (Lipinski definition) is 0. The lowest BCUT2D eigenvalue weighted by Crippen LogP contribution is -3.00. The molecule has 84 valence electrons. The summed E-state index contributed by atoms with van der Waals surface area (Å²) in [7, 11) is 1.65. The van der Waals surface area contributed by atoms with Gasteiger partial charge in [-0.3, -0.25) is 0 Å². The molecular formula is C12H13IN2O. The smallest absolute Gasteiger partial charge is 0.331 e. The van der Waals surface area contributed by atoms with E-state index in [9.17, 15) is 0 Å². The number of nitrogens with zero attached hydrogens (tertiary/aromatic N) is 2. The summed E-state index contributed by atoms with van der Waals surface area (Å²) in [6.45, 7) is 2.04. The van der Waals surface area contributed by atoms with Crippen LogP contribution in [0.25, 0.3) is 5.82 Å². The Morgan fingerprint density at radius 1 is 1.25 bits per heavy atom. The van der Waals surface area contributed by atoms with Crippen LogP contribution in [0.3, 0.4) is 0 Å². The molecule has 0 aliphatic rings. The van der Waals surface area contributed by atoms with Crippen molar-refractivity contribution in [1.82, 2.24) is 4.98 Å². The van der Waals surface area contributed by atoms with E-state index in [4.69, 9.17) is 4.74 Å². The average Bonchev–Trinajstić information content (AvgIpc) is 2.30. The molecule has 0 amide bonds. The quantitative estimate of drug-likeness (QED) is 0.505. The Hall–Kier alpha value is -1.17. The van der Waals surface area contributed by atoms with Crippen LogP contribution in [0.4, 0.5) is 0 Å². The summed E-state index contributed by atoms with van der Waals surface area (Å²) in [6, 6.07) is 9.77. The molecule has 16 heavy (non-hydrogen) atoms. The molecule has 0 atom stereocenters. The van der Waals surface area contributed by atoms with Gasteiger partial charge in [0.2, 0.25) is 0 Å². The number of hydrogen-bond acceptors (Lipinski definition) is 2. The van der Waals surface area contributed by atoms with Crippen LogP contribution in [-0.4, -0.2) is 12.1 Å². The fourth-order valence-electron chi connectivity index (χ4n) is 1.44. The first kappa shape index (κ1) is 12.9. The molecule has 0 saturated carbocycles. The van der Waals surface area contributed by atoms with E-state index in [1.54, 1.807) is 13.3 Å². The van der Waals surface area contributed by atoms with Crippen molar-refractivity contribution in [3.8, 4) is 11.6 Å². The number of methoxy groups -OCH3 is 1. The van der Waals surface area contributed by atoms with E-state index >= 15 is 0 Å². The molecule has 0 bridgehead atoms. The van der Waals surface area contributed by atoms with Gasteiger partial charge in [-0.25, -0.2) is 4.57 Å². The van der Waals surface area contributed by atoms with Crippen molar-refractivity contribution in [3.05, 3.63) is 48.4 Å². The van der Waals surface area contributed by atoms with Crippen LogP contribution < -0.4 is 33.3 Å². The molecule has 0 aliphatic heterocycles. The van der Waals surface area contributed by atoms with Gasteiger partial charge in [0, 0.05) is 6.07 Å². The maximum Gasteiger partial charge on any atom is 0.331 e. The third-order valence-electron chi connectivity index (χ3n) is 2.26. The van der Waals surface area contributed by atoms with Crippen LogP contribution in [0.15, 0.2) is 42.7 Å². The van der Waals surface area contributed by atoms with Gasteiger partial charge in [0.25, 0.3) is 0 Å². The monoisotopic (exact) mass is 328 g/mol. The molecule has 2 rings (SSSR count). The molecule has 0 aliphatic carbocycles. The van der Waals surface area contributed by atoms with Gasteiger partial charge >= 0.3 is 5.82 Å². The third kappa shape index (κ3) is 2.69. The Morgan fingerprint density at radius 3 is 2.75 bits per heavy atom. The maximum atomic E-state index is 5.16. The van der Waals surface area contributed by atoms with E-state index in [0.29, 0.717) is 0 Å². The highest BCUT2D eigenvalue weighted by Crippen LogP contribution is 2.09. The summed E-state index contributed by atoms with van der Waals surface area (Å²) in [5.41, 5.74) is 1.14. The molecular weight excluding hydrogens is 315 g/mol. The molecule has 0 radical (unpaired) electrons. The summed E-state index contributed by atoms with van der Waals surface area (Å²) >= 11 is 0. The van der Waals surface area contributed by atoms with Gasteiger partial charge in [-0.15, -0.1) is 0 Å². The fraction of sp³-hybridized carbons (Fsp3) is 0.167. The predicted octanol–water partition coefficient (Wildman–Crippen LogP) is -1.32. The average molecular weight is 328 g/mol. The predicted molar refractivity (Wildman–Crippen MR) is 57.1 cm³/mol. The molecule has 2 heterocycles. The zero-order valence-corrected chi connectivity index (χ0v) is 11.4. The van der Waals surface area contributed by atoms with Gasteiger partial charge in [0.05, 0.1) is 19.4 Å². The first-order valence-electron chi connectivity index (χ1n) is 4.79. The Balaban J connectivity index is 0.00000128. The van der Waals surface area contributed by atoms with Crippen molar-refractivity contribution in [2.45, 2.75) is 6.92 Å². The summed E-state index contributed by atoms with van der Waals surface area (Å²) in [6.07, 6.45) is 3.73. The van der Waals surface area contributed by atoms with Crippen LogP contribution in [0.5, 0.6) is 5.75 Å². The van der Waals surface area contributed by atoms with Crippen LogP contribution in [0.1, 0.15) is 5.69 Å². The first-order chi connectivity index (χ1) is 7.31. The normalized spacial score (nSPS) is 9.38. The zero-order valence-electron chi connectivity index (χ0n) is 9.22. The molecule has 4 heteroatoms. The van der Waals surface area contributed by atoms with Crippen molar-refractivity contribution in [1.29, 1.82) is 0 Å². The van der Waals surface area contributed by atoms with E-state index in [1.165, 1.54) is 0 Å². The Kier molecular flexibility index (Phi) is 4.67. The van der Waals surface area contributed by atoms with Gasteiger partial charge < -0.3 is 28.7 Å².